The summed E-state index contributed by atoms with van der Waals surface area (Å²) < 4.78 is 18.5. The number of halogens is 1. The number of benzene rings is 1. The van der Waals surface area contributed by atoms with Crippen LogP contribution in [0.1, 0.15) is 12.5 Å². The lowest BCUT2D eigenvalue weighted by Gasteiger charge is -2.11. The molecular formula is C12H12FN5O3. The summed E-state index contributed by atoms with van der Waals surface area (Å²) in [6.45, 7) is 1.82. The van der Waals surface area contributed by atoms with Gasteiger partial charge in [-0.05, 0) is 18.6 Å². The highest BCUT2D eigenvalue weighted by atomic mass is 19.1. The summed E-state index contributed by atoms with van der Waals surface area (Å²) in [7, 11) is 0. The van der Waals surface area contributed by atoms with Gasteiger partial charge in [0.2, 0.25) is 11.6 Å². The lowest BCUT2D eigenvalue weighted by atomic mass is 10.2. The fourth-order valence-electron chi connectivity index (χ4n) is 1.75. The Morgan fingerprint density at radius 3 is 2.86 bits per heavy atom. The van der Waals surface area contributed by atoms with E-state index in [0.717, 1.165) is 12.1 Å². The second-order valence-electron chi connectivity index (χ2n) is 3.98. The molecule has 0 spiro atoms. The van der Waals surface area contributed by atoms with Gasteiger partial charge in [-0.2, -0.15) is 0 Å². The number of aromatic nitrogens is 2. The molecule has 0 radical (unpaired) electrons. The van der Waals surface area contributed by atoms with Crippen molar-refractivity contribution >= 4 is 11.5 Å². The van der Waals surface area contributed by atoms with Gasteiger partial charge in [0.1, 0.15) is 18.0 Å². The highest BCUT2D eigenvalue weighted by Crippen LogP contribution is 2.33. The quantitative estimate of drug-likeness (QED) is 0.493. The van der Waals surface area contributed by atoms with Gasteiger partial charge in [0.15, 0.2) is 0 Å². The van der Waals surface area contributed by atoms with Crippen LogP contribution in [-0.4, -0.2) is 14.9 Å². The molecule has 9 heteroatoms. The van der Waals surface area contributed by atoms with Crippen LogP contribution in [0, 0.1) is 15.9 Å². The molecule has 0 aliphatic carbocycles. The molecule has 2 aromatic rings. The average molecular weight is 293 g/mol. The van der Waals surface area contributed by atoms with E-state index in [1.165, 1.54) is 12.4 Å². The second kappa shape index (κ2) is 6.09. The summed E-state index contributed by atoms with van der Waals surface area (Å²) in [5.41, 5.74) is 2.46. The molecule has 21 heavy (non-hydrogen) atoms. The molecule has 0 bridgehead atoms. The van der Waals surface area contributed by atoms with Gasteiger partial charge in [-0.15, -0.1) is 0 Å². The van der Waals surface area contributed by atoms with Crippen molar-refractivity contribution in [1.82, 2.24) is 9.97 Å². The van der Waals surface area contributed by atoms with E-state index >= 15 is 0 Å². The van der Waals surface area contributed by atoms with Crippen LogP contribution in [0.3, 0.4) is 0 Å². The minimum absolute atomic E-state index is 0.113. The molecule has 2 rings (SSSR count). The molecule has 0 aliphatic heterocycles. The molecule has 110 valence electrons. The molecule has 0 atom stereocenters. The van der Waals surface area contributed by atoms with Crippen molar-refractivity contribution in [1.29, 1.82) is 0 Å². The molecule has 0 unspecified atom stereocenters. The molecule has 1 aromatic carbocycles. The van der Waals surface area contributed by atoms with Gasteiger partial charge >= 0.3 is 5.69 Å². The van der Waals surface area contributed by atoms with Gasteiger partial charge in [0.25, 0.3) is 0 Å². The van der Waals surface area contributed by atoms with Gasteiger partial charge in [0, 0.05) is 0 Å². The summed E-state index contributed by atoms with van der Waals surface area (Å²) in [5, 5.41) is 10.9. The highest BCUT2D eigenvalue weighted by molar-refractivity contribution is 5.52. The third-order valence-corrected chi connectivity index (χ3v) is 2.72. The SMILES string of the molecule is CCc1c(NN)ncnc1Oc1ccc(F)cc1[N+](=O)[O-]. The van der Waals surface area contributed by atoms with Crippen molar-refractivity contribution in [2.24, 2.45) is 5.84 Å². The lowest BCUT2D eigenvalue weighted by molar-refractivity contribution is -0.385. The molecule has 0 amide bonds. The van der Waals surface area contributed by atoms with Gasteiger partial charge in [-0.25, -0.2) is 20.2 Å². The fraction of sp³-hybridized carbons (Fsp3) is 0.167. The second-order valence-corrected chi connectivity index (χ2v) is 3.98. The normalized spacial score (nSPS) is 10.2. The molecule has 0 fully saturated rings. The Kier molecular flexibility index (Phi) is 4.24. The van der Waals surface area contributed by atoms with Crippen molar-refractivity contribution < 1.29 is 14.1 Å². The first-order valence-corrected chi connectivity index (χ1v) is 5.99. The Bertz CT molecular complexity index is 680. The summed E-state index contributed by atoms with van der Waals surface area (Å²) in [4.78, 5) is 18.1. The topological polar surface area (TPSA) is 116 Å². The maximum Gasteiger partial charge on any atom is 0.314 e. The molecule has 1 heterocycles. The molecule has 0 saturated carbocycles. The standard InChI is InChI=1S/C12H12FN5O3/c1-2-8-11(17-14)15-6-16-12(8)21-10-4-3-7(13)5-9(10)18(19)20/h3-6H,2,14H2,1H3,(H,15,16,17). The first kappa shape index (κ1) is 14.6. The molecule has 8 nitrogen and oxygen atoms in total. The largest absolute Gasteiger partial charge is 0.431 e. The Morgan fingerprint density at radius 1 is 1.48 bits per heavy atom. The number of hydrazine groups is 1. The van der Waals surface area contributed by atoms with E-state index in [0.29, 0.717) is 17.8 Å². The molecule has 3 N–H and O–H groups in total. The van der Waals surface area contributed by atoms with Crippen LogP contribution in [0.25, 0.3) is 0 Å². The zero-order chi connectivity index (χ0) is 15.4. The van der Waals surface area contributed by atoms with Crippen LogP contribution in [0.4, 0.5) is 15.9 Å². The summed E-state index contributed by atoms with van der Waals surface area (Å²) in [6, 6.07) is 3.02. The van der Waals surface area contributed by atoms with Crippen molar-refractivity contribution in [3.8, 4) is 11.6 Å². The zero-order valence-corrected chi connectivity index (χ0v) is 11.0. The van der Waals surface area contributed by atoms with Crippen molar-refractivity contribution in [2.75, 3.05) is 5.43 Å². The Morgan fingerprint density at radius 2 is 2.24 bits per heavy atom. The number of rotatable bonds is 5. The van der Waals surface area contributed by atoms with Gasteiger partial charge in [-0.1, -0.05) is 6.92 Å². The van der Waals surface area contributed by atoms with Gasteiger partial charge in [0.05, 0.1) is 16.6 Å². The Labute approximate surface area is 118 Å². The fourth-order valence-corrected chi connectivity index (χ4v) is 1.75. The minimum atomic E-state index is -0.729. The number of nitrogens with zero attached hydrogens (tertiary/aromatic N) is 3. The van der Waals surface area contributed by atoms with Crippen molar-refractivity contribution in [2.45, 2.75) is 13.3 Å². The maximum atomic E-state index is 13.1. The van der Waals surface area contributed by atoms with Crippen LogP contribution >= 0.6 is 0 Å². The van der Waals surface area contributed by atoms with E-state index in [4.69, 9.17) is 10.6 Å². The van der Waals surface area contributed by atoms with Crippen LogP contribution in [0.5, 0.6) is 11.6 Å². The Balaban J connectivity index is 2.46. The van der Waals surface area contributed by atoms with Crippen LogP contribution in [0.2, 0.25) is 0 Å². The monoisotopic (exact) mass is 293 g/mol. The highest BCUT2D eigenvalue weighted by Gasteiger charge is 2.19. The van der Waals surface area contributed by atoms with E-state index in [2.05, 4.69) is 15.4 Å². The summed E-state index contributed by atoms with van der Waals surface area (Å²) in [5.74, 6) is 4.97. The molecule has 0 aliphatic rings. The number of anilines is 1. The third kappa shape index (κ3) is 3.03. The van der Waals surface area contributed by atoms with Crippen molar-refractivity contribution in [3.63, 3.8) is 0 Å². The lowest BCUT2D eigenvalue weighted by Crippen LogP contribution is -2.12. The number of ether oxygens (including phenoxy) is 1. The average Bonchev–Trinajstić information content (AvgIpc) is 2.48. The molecule has 0 saturated heterocycles. The number of hydrogen-bond donors (Lipinski definition) is 2. The van der Waals surface area contributed by atoms with E-state index < -0.39 is 16.4 Å². The minimum Gasteiger partial charge on any atom is -0.431 e. The number of nitrogens with one attached hydrogen (secondary N) is 1. The number of nitro groups is 1. The predicted octanol–water partition coefficient (Wildman–Crippen LogP) is 2.16. The summed E-state index contributed by atoms with van der Waals surface area (Å²) >= 11 is 0. The van der Waals surface area contributed by atoms with Crippen molar-refractivity contribution in [3.05, 3.63) is 46.0 Å². The molecule has 1 aromatic heterocycles. The number of nitrogens with two attached hydrogens (primary N) is 1. The van der Waals surface area contributed by atoms with E-state index in [9.17, 15) is 14.5 Å². The smallest absolute Gasteiger partial charge is 0.314 e. The van der Waals surface area contributed by atoms with Gasteiger partial charge in [-0.3, -0.25) is 10.1 Å². The van der Waals surface area contributed by atoms with E-state index in [-0.39, 0.29) is 11.6 Å². The predicted molar refractivity (Wildman–Crippen MR) is 72.3 cm³/mol. The third-order valence-electron chi connectivity index (χ3n) is 2.72. The van der Waals surface area contributed by atoms with Gasteiger partial charge < -0.3 is 10.2 Å². The van der Waals surface area contributed by atoms with Crippen LogP contribution in [-0.2, 0) is 6.42 Å². The van der Waals surface area contributed by atoms with E-state index in [1.807, 2.05) is 6.92 Å². The first-order chi connectivity index (χ1) is 10.1. The Hall–Kier alpha value is -2.81. The zero-order valence-electron chi connectivity index (χ0n) is 11.0. The summed E-state index contributed by atoms with van der Waals surface area (Å²) in [6.07, 6.45) is 1.70. The maximum absolute atomic E-state index is 13.1. The number of nitrogen functional groups attached to an aromatic ring is 1. The molecular weight excluding hydrogens is 281 g/mol. The first-order valence-electron chi connectivity index (χ1n) is 5.99. The van der Waals surface area contributed by atoms with Crippen LogP contribution < -0.4 is 16.0 Å². The van der Waals surface area contributed by atoms with Crippen LogP contribution in [0.15, 0.2) is 24.5 Å². The number of hydrogen-bond acceptors (Lipinski definition) is 7. The number of nitro benzene ring substituents is 1. The van der Waals surface area contributed by atoms with E-state index in [1.54, 1.807) is 0 Å².